The lowest BCUT2D eigenvalue weighted by atomic mass is 9.89. The van der Waals surface area contributed by atoms with Gasteiger partial charge in [0.15, 0.2) is 10.9 Å². The second-order valence-electron chi connectivity index (χ2n) is 7.51. The smallest absolute Gasteiger partial charge is 0.193 e. The minimum atomic E-state index is -1.23. The van der Waals surface area contributed by atoms with Gasteiger partial charge in [-0.3, -0.25) is 9.69 Å². The average molecular weight is 369 g/mol. The number of aliphatic hydroxyl groups is 1. The lowest BCUT2D eigenvalue weighted by Crippen LogP contribution is -2.67. The summed E-state index contributed by atoms with van der Waals surface area (Å²) in [5.41, 5.74) is 6.63. The van der Waals surface area contributed by atoms with Crippen LogP contribution in [0.25, 0.3) is 0 Å². The van der Waals surface area contributed by atoms with E-state index in [2.05, 4.69) is 5.32 Å². The van der Waals surface area contributed by atoms with Gasteiger partial charge in [0.1, 0.15) is 5.72 Å². The number of anilines is 2. The van der Waals surface area contributed by atoms with Crippen LogP contribution in [0.15, 0.2) is 48.5 Å². The van der Waals surface area contributed by atoms with E-state index >= 15 is 0 Å². The van der Waals surface area contributed by atoms with Gasteiger partial charge >= 0.3 is 0 Å². The molecule has 0 radical (unpaired) electrons. The molecule has 1 fully saturated rings. The Hall–Kier alpha value is -2.44. The van der Waals surface area contributed by atoms with Crippen molar-refractivity contribution in [1.29, 1.82) is 0 Å². The third-order valence-electron chi connectivity index (χ3n) is 4.48. The van der Waals surface area contributed by atoms with Crippen LogP contribution in [0.1, 0.15) is 43.1 Å². The van der Waals surface area contributed by atoms with Crippen molar-refractivity contribution >= 4 is 34.5 Å². The zero-order valence-electron chi connectivity index (χ0n) is 15.1. The Kier molecular flexibility index (Phi) is 4.50. The fraction of sp³-hybridized carbons (Fsp3) is 0.300. The van der Waals surface area contributed by atoms with Crippen molar-refractivity contribution in [3.63, 3.8) is 0 Å². The Morgan fingerprint density at radius 2 is 1.81 bits per heavy atom. The van der Waals surface area contributed by atoms with Crippen LogP contribution in [0.4, 0.5) is 11.4 Å². The molecule has 0 aromatic heterocycles. The van der Waals surface area contributed by atoms with Crippen molar-refractivity contribution in [1.82, 2.24) is 5.32 Å². The predicted molar refractivity (Wildman–Crippen MR) is 108 cm³/mol. The van der Waals surface area contributed by atoms with Crippen molar-refractivity contribution in [3.8, 4) is 0 Å². The second kappa shape index (κ2) is 6.37. The highest BCUT2D eigenvalue weighted by atomic mass is 32.1. The molecule has 1 aliphatic rings. The number of benzene rings is 2. The minimum Gasteiger partial charge on any atom is -0.397 e. The molecule has 0 bridgehead atoms. The molecule has 136 valence electrons. The summed E-state index contributed by atoms with van der Waals surface area (Å²) >= 11 is 5.48. The highest BCUT2D eigenvalue weighted by Gasteiger charge is 2.44. The van der Waals surface area contributed by atoms with Crippen molar-refractivity contribution in [3.05, 3.63) is 59.7 Å². The number of hydrogen-bond donors (Lipinski definition) is 3. The molecule has 3 rings (SSSR count). The molecule has 0 saturated carbocycles. The fourth-order valence-corrected chi connectivity index (χ4v) is 4.10. The number of carbonyl (C=O) groups excluding carboxylic acids is 1. The molecule has 6 heteroatoms. The van der Waals surface area contributed by atoms with Crippen molar-refractivity contribution in [2.45, 2.75) is 38.5 Å². The van der Waals surface area contributed by atoms with Gasteiger partial charge in [-0.25, -0.2) is 0 Å². The molecule has 1 unspecified atom stereocenters. The van der Waals surface area contributed by atoms with Crippen LogP contribution in [-0.2, 0) is 0 Å². The monoisotopic (exact) mass is 369 g/mol. The lowest BCUT2D eigenvalue weighted by molar-refractivity contribution is 0.0278. The summed E-state index contributed by atoms with van der Waals surface area (Å²) in [4.78, 5) is 14.4. The first-order chi connectivity index (χ1) is 12.1. The molecule has 1 heterocycles. The second-order valence-corrected chi connectivity index (χ2v) is 7.90. The highest BCUT2D eigenvalue weighted by Crippen LogP contribution is 2.37. The minimum absolute atomic E-state index is 0.109. The summed E-state index contributed by atoms with van der Waals surface area (Å²) in [7, 11) is 0. The van der Waals surface area contributed by atoms with Crippen LogP contribution in [0, 0.1) is 0 Å². The van der Waals surface area contributed by atoms with Crippen LogP contribution in [0.2, 0.25) is 0 Å². The Bertz CT molecular complexity index is 863. The quantitative estimate of drug-likeness (QED) is 0.438. The summed E-state index contributed by atoms with van der Waals surface area (Å²) in [5.74, 6) is -0.109. The molecule has 1 aliphatic heterocycles. The predicted octanol–water partition coefficient (Wildman–Crippen LogP) is 3.07. The fourth-order valence-electron chi connectivity index (χ4n) is 3.53. The zero-order valence-corrected chi connectivity index (χ0v) is 15.9. The Balaban J connectivity index is 2.03. The number of carbonyl (C=O) groups is 1. The topological polar surface area (TPSA) is 78.6 Å². The molecule has 5 nitrogen and oxygen atoms in total. The zero-order chi connectivity index (χ0) is 19.1. The molecule has 2 aromatic carbocycles. The van der Waals surface area contributed by atoms with Crippen molar-refractivity contribution in [2.75, 3.05) is 10.6 Å². The molecule has 1 atom stereocenters. The maximum absolute atomic E-state index is 12.8. The molecular weight excluding hydrogens is 346 g/mol. The number of rotatable bonds is 3. The third kappa shape index (κ3) is 3.43. The molecule has 4 N–H and O–H groups in total. The van der Waals surface area contributed by atoms with Gasteiger partial charge in [0.25, 0.3) is 0 Å². The van der Waals surface area contributed by atoms with Gasteiger partial charge < -0.3 is 16.2 Å². The number of hydrogen-bond acceptors (Lipinski definition) is 4. The molecule has 26 heavy (non-hydrogen) atoms. The van der Waals surface area contributed by atoms with Gasteiger partial charge in [-0.15, -0.1) is 0 Å². The molecule has 1 saturated heterocycles. The summed E-state index contributed by atoms with van der Waals surface area (Å²) < 4.78 is 0. The molecule has 0 spiro atoms. The average Bonchev–Trinajstić information content (AvgIpc) is 2.54. The number of ketones is 1. The molecule has 0 amide bonds. The van der Waals surface area contributed by atoms with Gasteiger partial charge in [0, 0.05) is 23.1 Å². The van der Waals surface area contributed by atoms with Crippen molar-refractivity contribution < 1.29 is 9.90 Å². The van der Waals surface area contributed by atoms with E-state index in [0.29, 0.717) is 34.0 Å². The van der Waals surface area contributed by atoms with Crippen LogP contribution in [0.3, 0.4) is 0 Å². The van der Waals surface area contributed by atoms with Crippen molar-refractivity contribution in [2.24, 2.45) is 0 Å². The summed E-state index contributed by atoms with van der Waals surface area (Å²) in [6, 6.07) is 14.1. The Labute approximate surface area is 158 Å². The van der Waals surface area contributed by atoms with E-state index in [1.54, 1.807) is 42.2 Å². The van der Waals surface area contributed by atoms with Crippen LogP contribution < -0.4 is 16.0 Å². The normalized spacial score (nSPS) is 22.0. The first-order valence-electron chi connectivity index (χ1n) is 8.45. The highest BCUT2D eigenvalue weighted by molar-refractivity contribution is 7.80. The van der Waals surface area contributed by atoms with E-state index in [1.807, 2.05) is 32.0 Å². The van der Waals surface area contributed by atoms with Crippen LogP contribution >= 0.6 is 12.2 Å². The number of nitrogen functional groups attached to an aromatic ring is 1. The van der Waals surface area contributed by atoms with Gasteiger partial charge in [-0.1, -0.05) is 30.3 Å². The maximum atomic E-state index is 12.8. The number of nitrogens with two attached hydrogens (primary N) is 1. The largest absolute Gasteiger partial charge is 0.397 e. The Morgan fingerprint density at radius 1 is 1.15 bits per heavy atom. The van der Waals surface area contributed by atoms with Gasteiger partial charge in [0.2, 0.25) is 0 Å². The first-order valence-corrected chi connectivity index (χ1v) is 8.86. The van der Waals surface area contributed by atoms with Gasteiger partial charge in [-0.05, 0) is 51.2 Å². The maximum Gasteiger partial charge on any atom is 0.193 e. The SMILES string of the molecule is CC1(C)CC(C)(O)N(c2cc(C(=O)c3ccccc3)ccc2N)C(=S)N1. The van der Waals surface area contributed by atoms with Gasteiger partial charge in [0.05, 0.1) is 11.4 Å². The van der Waals surface area contributed by atoms with Gasteiger partial charge in [-0.2, -0.15) is 0 Å². The van der Waals surface area contributed by atoms with Crippen LogP contribution in [0.5, 0.6) is 0 Å². The third-order valence-corrected chi connectivity index (χ3v) is 4.76. The summed E-state index contributed by atoms with van der Waals surface area (Å²) in [6.45, 7) is 5.65. The summed E-state index contributed by atoms with van der Waals surface area (Å²) in [5, 5.41) is 14.6. The van der Waals surface area contributed by atoms with E-state index in [4.69, 9.17) is 18.0 Å². The van der Waals surface area contributed by atoms with E-state index < -0.39 is 5.72 Å². The number of nitrogens with zero attached hydrogens (tertiary/aromatic N) is 1. The molecule has 2 aromatic rings. The lowest BCUT2D eigenvalue weighted by Gasteiger charge is -2.49. The van der Waals surface area contributed by atoms with Crippen LogP contribution in [-0.4, -0.2) is 27.3 Å². The number of nitrogens with one attached hydrogen (secondary N) is 1. The molecular formula is C20H23N3O2S. The summed E-state index contributed by atoms with van der Waals surface area (Å²) in [6.07, 6.45) is 0.441. The van der Waals surface area contributed by atoms with E-state index in [1.165, 1.54) is 0 Å². The van der Waals surface area contributed by atoms with E-state index in [9.17, 15) is 9.90 Å². The molecule has 0 aliphatic carbocycles. The first kappa shape index (κ1) is 18.4. The Morgan fingerprint density at radius 3 is 2.42 bits per heavy atom. The van der Waals surface area contributed by atoms with E-state index in [0.717, 1.165) is 0 Å². The van der Waals surface area contributed by atoms with E-state index in [-0.39, 0.29) is 11.3 Å². The number of thiocarbonyl (C=S) groups is 1. The standard InChI is InChI=1S/C20H23N3O2S/c1-19(2)12-20(3,25)23(18(26)22-19)16-11-14(9-10-15(16)21)17(24)13-7-5-4-6-8-13/h4-11,25H,12,21H2,1-3H3,(H,22,26).